The van der Waals surface area contributed by atoms with Crippen molar-refractivity contribution in [1.82, 2.24) is 25.5 Å². The molecule has 0 aliphatic heterocycles. The zero-order valence-electron chi connectivity index (χ0n) is 15.0. The lowest BCUT2D eigenvalue weighted by Gasteiger charge is -2.34. The summed E-state index contributed by atoms with van der Waals surface area (Å²) in [6.45, 7) is 4.10. The van der Waals surface area contributed by atoms with Gasteiger partial charge in [-0.1, -0.05) is 26.7 Å². The van der Waals surface area contributed by atoms with Crippen LogP contribution in [0.15, 0.2) is 30.6 Å². The molecule has 0 unspecified atom stereocenters. The van der Waals surface area contributed by atoms with Crippen molar-refractivity contribution in [2.45, 2.75) is 39.2 Å². The van der Waals surface area contributed by atoms with Gasteiger partial charge in [0.2, 0.25) is 0 Å². The van der Waals surface area contributed by atoms with Gasteiger partial charge < -0.3 is 10.1 Å². The maximum absolute atomic E-state index is 12.1. The van der Waals surface area contributed by atoms with E-state index < -0.39 is 5.97 Å². The summed E-state index contributed by atoms with van der Waals surface area (Å²) in [6.07, 6.45) is 4.75. The molecule has 8 heteroatoms. The van der Waals surface area contributed by atoms with Crippen molar-refractivity contribution in [2.75, 3.05) is 6.61 Å². The Hall–Kier alpha value is -2.77. The van der Waals surface area contributed by atoms with E-state index in [0.29, 0.717) is 17.4 Å². The molecule has 2 aromatic rings. The fourth-order valence-corrected chi connectivity index (χ4v) is 3.28. The van der Waals surface area contributed by atoms with Gasteiger partial charge in [0.05, 0.1) is 11.3 Å². The first-order valence-electron chi connectivity index (χ1n) is 8.84. The highest BCUT2D eigenvalue weighted by atomic mass is 16.5. The number of aromatic nitrogens is 4. The first-order chi connectivity index (χ1) is 12.5. The van der Waals surface area contributed by atoms with Gasteiger partial charge in [0.15, 0.2) is 6.61 Å². The standard InChI is InChI=1S/C18H23N5O3/c1-12-4-3-5-16(13(12)2)20-17(24)10-26-18(25)14-6-8-15(9-7-14)23-11-19-21-22-23/h6-9,11-13,16H,3-5,10H2,1-2H3,(H,20,24)/t12-,13+,16-/m0/s1. The summed E-state index contributed by atoms with van der Waals surface area (Å²) >= 11 is 0. The number of nitrogens with one attached hydrogen (secondary N) is 1. The highest BCUT2D eigenvalue weighted by Gasteiger charge is 2.28. The molecule has 1 saturated carbocycles. The second kappa shape index (κ2) is 8.07. The van der Waals surface area contributed by atoms with E-state index in [1.807, 2.05) is 0 Å². The molecule has 1 heterocycles. The minimum atomic E-state index is -0.534. The van der Waals surface area contributed by atoms with Gasteiger partial charge in [-0.2, -0.15) is 0 Å². The third kappa shape index (κ3) is 4.25. The Balaban J connectivity index is 1.49. The summed E-state index contributed by atoms with van der Waals surface area (Å²) in [5, 5.41) is 13.9. The van der Waals surface area contributed by atoms with Crippen LogP contribution in [0, 0.1) is 11.8 Å². The van der Waals surface area contributed by atoms with Crippen molar-refractivity contribution in [3.8, 4) is 5.69 Å². The maximum atomic E-state index is 12.1. The number of nitrogens with zero attached hydrogens (tertiary/aromatic N) is 4. The van der Waals surface area contributed by atoms with Crippen LogP contribution in [-0.4, -0.2) is 44.7 Å². The molecule has 0 saturated heterocycles. The molecular weight excluding hydrogens is 334 g/mol. The van der Waals surface area contributed by atoms with Crippen LogP contribution in [0.2, 0.25) is 0 Å². The maximum Gasteiger partial charge on any atom is 0.338 e. The van der Waals surface area contributed by atoms with Gasteiger partial charge in [-0.3, -0.25) is 4.79 Å². The Labute approximate surface area is 151 Å². The van der Waals surface area contributed by atoms with E-state index in [2.05, 4.69) is 34.7 Å². The van der Waals surface area contributed by atoms with Crippen molar-refractivity contribution in [1.29, 1.82) is 0 Å². The lowest BCUT2D eigenvalue weighted by Crippen LogP contribution is -2.45. The molecule has 1 N–H and O–H groups in total. The third-order valence-electron chi connectivity index (χ3n) is 5.10. The van der Waals surface area contributed by atoms with Crippen LogP contribution in [0.25, 0.3) is 5.69 Å². The monoisotopic (exact) mass is 357 g/mol. The van der Waals surface area contributed by atoms with Crippen LogP contribution in [0.4, 0.5) is 0 Å². The Morgan fingerprint density at radius 1 is 1.23 bits per heavy atom. The van der Waals surface area contributed by atoms with Gasteiger partial charge in [0.25, 0.3) is 5.91 Å². The van der Waals surface area contributed by atoms with Crippen molar-refractivity contribution in [3.63, 3.8) is 0 Å². The number of esters is 1. The van der Waals surface area contributed by atoms with E-state index in [0.717, 1.165) is 18.5 Å². The molecular formula is C18H23N5O3. The predicted octanol–water partition coefficient (Wildman–Crippen LogP) is 1.76. The largest absolute Gasteiger partial charge is 0.452 e. The summed E-state index contributed by atoms with van der Waals surface area (Å²) in [6, 6.07) is 6.79. The number of tetrazole rings is 1. The van der Waals surface area contributed by atoms with Crippen molar-refractivity contribution in [2.24, 2.45) is 11.8 Å². The summed E-state index contributed by atoms with van der Waals surface area (Å²) in [4.78, 5) is 24.2. The number of ether oxygens (including phenoxy) is 1. The highest BCUT2D eigenvalue weighted by molar-refractivity contribution is 5.91. The van der Waals surface area contributed by atoms with Gasteiger partial charge in [0, 0.05) is 6.04 Å². The molecule has 0 radical (unpaired) electrons. The van der Waals surface area contributed by atoms with E-state index >= 15 is 0 Å². The van der Waals surface area contributed by atoms with Crippen molar-refractivity contribution in [3.05, 3.63) is 36.2 Å². The molecule has 1 aliphatic rings. The molecule has 1 aromatic heterocycles. The fraction of sp³-hybridized carbons (Fsp3) is 0.500. The Morgan fingerprint density at radius 2 is 2.00 bits per heavy atom. The van der Waals surface area contributed by atoms with Gasteiger partial charge in [-0.15, -0.1) is 5.10 Å². The average molecular weight is 357 g/mol. The second-order valence-corrected chi connectivity index (χ2v) is 6.82. The number of benzene rings is 1. The number of carbonyl (C=O) groups excluding carboxylic acids is 2. The lowest BCUT2D eigenvalue weighted by molar-refractivity contribution is -0.125. The smallest absolute Gasteiger partial charge is 0.338 e. The van der Waals surface area contributed by atoms with E-state index in [1.54, 1.807) is 24.3 Å². The third-order valence-corrected chi connectivity index (χ3v) is 5.10. The Bertz CT molecular complexity index is 745. The molecule has 1 aliphatic carbocycles. The molecule has 3 atom stereocenters. The number of hydrogen-bond donors (Lipinski definition) is 1. The molecule has 138 valence electrons. The molecule has 8 nitrogen and oxygen atoms in total. The summed E-state index contributed by atoms with van der Waals surface area (Å²) < 4.78 is 6.61. The minimum absolute atomic E-state index is 0.153. The lowest BCUT2D eigenvalue weighted by atomic mass is 9.78. The highest BCUT2D eigenvalue weighted by Crippen LogP contribution is 2.29. The zero-order valence-corrected chi connectivity index (χ0v) is 15.0. The van der Waals surface area contributed by atoms with Crippen molar-refractivity contribution < 1.29 is 14.3 Å². The predicted molar refractivity (Wildman–Crippen MR) is 93.5 cm³/mol. The van der Waals surface area contributed by atoms with Crippen LogP contribution in [-0.2, 0) is 9.53 Å². The van der Waals surface area contributed by atoms with Crippen LogP contribution >= 0.6 is 0 Å². The molecule has 26 heavy (non-hydrogen) atoms. The molecule has 0 spiro atoms. The quantitative estimate of drug-likeness (QED) is 0.819. The number of hydrogen-bond acceptors (Lipinski definition) is 6. The molecule has 3 rings (SSSR count). The molecule has 1 amide bonds. The first-order valence-corrected chi connectivity index (χ1v) is 8.84. The summed E-state index contributed by atoms with van der Waals surface area (Å²) in [5.41, 5.74) is 1.10. The summed E-state index contributed by atoms with van der Waals surface area (Å²) in [7, 11) is 0. The first kappa shape index (κ1) is 18.0. The van der Waals surface area contributed by atoms with E-state index in [4.69, 9.17) is 4.74 Å². The van der Waals surface area contributed by atoms with Crippen LogP contribution in [0.5, 0.6) is 0 Å². The molecule has 1 aromatic carbocycles. The topological polar surface area (TPSA) is 99.0 Å². The SMILES string of the molecule is C[C@H]1[C@@H](NC(=O)COC(=O)c2ccc(-n3cnnn3)cc2)CCC[C@@H]1C. The minimum Gasteiger partial charge on any atom is -0.452 e. The fourth-order valence-electron chi connectivity index (χ4n) is 3.28. The van der Waals surface area contributed by atoms with Gasteiger partial charge in [0.1, 0.15) is 6.33 Å². The average Bonchev–Trinajstić information content (AvgIpc) is 3.18. The van der Waals surface area contributed by atoms with Crippen LogP contribution in [0.3, 0.4) is 0 Å². The Morgan fingerprint density at radius 3 is 2.69 bits per heavy atom. The summed E-state index contributed by atoms with van der Waals surface area (Å²) in [5.74, 6) is 0.237. The molecule has 1 fully saturated rings. The van der Waals surface area contributed by atoms with Gasteiger partial charge >= 0.3 is 5.97 Å². The van der Waals surface area contributed by atoms with E-state index in [1.165, 1.54) is 17.4 Å². The van der Waals surface area contributed by atoms with Crippen LogP contribution < -0.4 is 5.32 Å². The molecule has 0 bridgehead atoms. The van der Waals surface area contributed by atoms with E-state index in [-0.39, 0.29) is 18.6 Å². The van der Waals surface area contributed by atoms with Crippen molar-refractivity contribution >= 4 is 11.9 Å². The van der Waals surface area contributed by atoms with E-state index in [9.17, 15) is 9.59 Å². The van der Waals surface area contributed by atoms with Gasteiger partial charge in [-0.05, 0) is 52.9 Å². The normalized spacial score (nSPS) is 22.6. The number of rotatable bonds is 5. The second-order valence-electron chi connectivity index (χ2n) is 6.82. The Kier molecular flexibility index (Phi) is 5.60. The number of carbonyl (C=O) groups is 2. The van der Waals surface area contributed by atoms with Crippen LogP contribution in [0.1, 0.15) is 43.5 Å². The zero-order chi connectivity index (χ0) is 18.5. The number of amides is 1. The van der Waals surface area contributed by atoms with Gasteiger partial charge in [-0.25, -0.2) is 9.48 Å².